The summed E-state index contributed by atoms with van der Waals surface area (Å²) >= 11 is 1.47. The van der Waals surface area contributed by atoms with E-state index in [1.54, 1.807) is 0 Å². The van der Waals surface area contributed by atoms with Gasteiger partial charge in [0, 0.05) is 4.88 Å². The zero-order valence-electron chi connectivity index (χ0n) is 15.2. The number of hydrogen-bond acceptors (Lipinski definition) is 4. The molecule has 0 unspecified atom stereocenters. The number of primary amides is 1. The molecule has 0 aliphatic heterocycles. The van der Waals surface area contributed by atoms with Gasteiger partial charge in [0.2, 0.25) is 0 Å². The Labute approximate surface area is 157 Å². The van der Waals surface area contributed by atoms with Crippen LogP contribution in [0.4, 0.5) is 5.00 Å². The lowest BCUT2D eigenvalue weighted by molar-refractivity contribution is -0.118. The van der Waals surface area contributed by atoms with Gasteiger partial charge >= 0.3 is 0 Å². The van der Waals surface area contributed by atoms with E-state index in [9.17, 15) is 9.59 Å². The van der Waals surface area contributed by atoms with E-state index < -0.39 is 5.91 Å². The Kier molecular flexibility index (Phi) is 5.61. The van der Waals surface area contributed by atoms with Gasteiger partial charge in [-0.2, -0.15) is 0 Å². The lowest BCUT2D eigenvalue weighted by atomic mass is 10.1. The second kappa shape index (κ2) is 7.91. The van der Waals surface area contributed by atoms with Crippen LogP contribution in [0.1, 0.15) is 51.2 Å². The maximum Gasteiger partial charge on any atom is 0.262 e. The molecule has 1 heterocycles. The van der Waals surface area contributed by atoms with Crippen molar-refractivity contribution < 1.29 is 14.3 Å². The van der Waals surface area contributed by atoms with E-state index in [4.69, 9.17) is 10.5 Å². The molecule has 1 aromatic heterocycles. The maximum absolute atomic E-state index is 12.3. The molecule has 3 rings (SSSR count). The first kappa shape index (κ1) is 18.5. The van der Waals surface area contributed by atoms with Gasteiger partial charge in [-0.15, -0.1) is 11.3 Å². The summed E-state index contributed by atoms with van der Waals surface area (Å²) < 4.78 is 5.60. The molecule has 0 saturated heterocycles. The molecule has 0 fully saturated rings. The third kappa shape index (κ3) is 4.25. The van der Waals surface area contributed by atoms with E-state index in [0.29, 0.717) is 16.3 Å². The lowest BCUT2D eigenvalue weighted by Crippen LogP contribution is -2.22. The number of nitrogens with two attached hydrogens (primary N) is 1. The van der Waals surface area contributed by atoms with Crippen LogP contribution in [-0.4, -0.2) is 18.4 Å². The van der Waals surface area contributed by atoms with Crippen LogP contribution in [0.15, 0.2) is 18.2 Å². The van der Waals surface area contributed by atoms with Crippen LogP contribution in [0.25, 0.3) is 0 Å². The molecule has 0 saturated carbocycles. The molecule has 1 aliphatic rings. The van der Waals surface area contributed by atoms with Gasteiger partial charge < -0.3 is 15.8 Å². The summed E-state index contributed by atoms with van der Waals surface area (Å²) in [7, 11) is 0. The molecule has 5 nitrogen and oxygen atoms in total. The normalized spacial score (nSPS) is 13.6. The van der Waals surface area contributed by atoms with Crippen molar-refractivity contribution in [1.29, 1.82) is 0 Å². The number of rotatable bonds is 5. The van der Waals surface area contributed by atoms with Gasteiger partial charge in [-0.1, -0.05) is 12.5 Å². The highest BCUT2D eigenvalue weighted by Crippen LogP contribution is 2.37. The predicted octanol–water partition coefficient (Wildman–Crippen LogP) is 3.75. The molecule has 26 heavy (non-hydrogen) atoms. The predicted molar refractivity (Wildman–Crippen MR) is 104 cm³/mol. The zero-order valence-corrected chi connectivity index (χ0v) is 16.0. The lowest BCUT2D eigenvalue weighted by Gasteiger charge is -2.09. The first-order valence-electron chi connectivity index (χ1n) is 8.89. The number of thiophene rings is 1. The summed E-state index contributed by atoms with van der Waals surface area (Å²) in [6, 6.07) is 5.83. The Morgan fingerprint density at radius 3 is 2.50 bits per heavy atom. The standard InChI is InChI=1S/C20H24N2O3S/c1-12-8-13(2)10-14(9-12)25-11-17(23)22-20-18(19(21)24)15-6-4-3-5-7-16(15)26-20/h8-10H,3-7,11H2,1-2H3,(H2,21,24)(H,22,23). The van der Waals surface area contributed by atoms with Crippen molar-refractivity contribution in [2.24, 2.45) is 5.73 Å². The van der Waals surface area contributed by atoms with Crippen LogP contribution in [0, 0.1) is 13.8 Å². The third-order valence-electron chi connectivity index (χ3n) is 4.49. The van der Waals surface area contributed by atoms with Gasteiger partial charge in [0.05, 0.1) is 5.56 Å². The van der Waals surface area contributed by atoms with E-state index in [-0.39, 0.29) is 12.5 Å². The fraction of sp³-hybridized carbons (Fsp3) is 0.400. The first-order chi connectivity index (χ1) is 12.4. The van der Waals surface area contributed by atoms with Crippen molar-refractivity contribution in [2.45, 2.75) is 46.0 Å². The first-order valence-corrected chi connectivity index (χ1v) is 9.71. The molecule has 0 bridgehead atoms. The topological polar surface area (TPSA) is 81.4 Å². The van der Waals surface area contributed by atoms with Crippen LogP contribution in [0.5, 0.6) is 5.75 Å². The van der Waals surface area contributed by atoms with E-state index in [1.807, 2.05) is 32.0 Å². The van der Waals surface area contributed by atoms with Gasteiger partial charge in [0.1, 0.15) is 10.8 Å². The number of aryl methyl sites for hydroxylation is 3. The number of hydrogen-bond donors (Lipinski definition) is 2. The van der Waals surface area contributed by atoms with Crippen LogP contribution >= 0.6 is 11.3 Å². The number of anilines is 1. The molecule has 1 aliphatic carbocycles. The van der Waals surface area contributed by atoms with Crippen molar-refractivity contribution in [1.82, 2.24) is 0 Å². The Balaban J connectivity index is 1.72. The van der Waals surface area contributed by atoms with Gasteiger partial charge in [0.15, 0.2) is 6.61 Å². The minimum Gasteiger partial charge on any atom is -0.484 e. The molecule has 6 heteroatoms. The molecule has 0 radical (unpaired) electrons. The third-order valence-corrected chi connectivity index (χ3v) is 5.69. The minimum absolute atomic E-state index is 0.107. The maximum atomic E-state index is 12.3. The summed E-state index contributed by atoms with van der Waals surface area (Å²) in [4.78, 5) is 25.4. The molecule has 3 N–H and O–H groups in total. The Bertz CT molecular complexity index is 822. The highest BCUT2D eigenvalue weighted by molar-refractivity contribution is 7.17. The zero-order chi connectivity index (χ0) is 18.7. The summed E-state index contributed by atoms with van der Waals surface area (Å²) in [5.74, 6) is -0.104. The Hall–Kier alpha value is -2.34. The fourth-order valence-electron chi connectivity index (χ4n) is 3.42. The highest BCUT2D eigenvalue weighted by atomic mass is 32.1. The number of benzene rings is 1. The van der Waals surface area contributed by atoms with Gasteiger partial charge in [0.25, 0.3) is 11.8 Å². The van der Waals surface area contributed by atoms with Crippen LogP contribution in [0.3, 0.4) is 0 Å². The van der Waals surface area contributed by atoms with E-state index in [2.05, 4.69) is 5.32 Å². The average Bonchev–Trinajstić information content (AvgIpc) is 2.73. The van der Waals surface area contributed by atoms with Crippen molar-refractivity contribution in [3.05, 3.63) is 45.3 Å². The highest BCUT2D eigenvalue weighted by Gasteiger charge is 2.24. The molecule has 0 atom stereocenters. The monoisotopic (exact) mass is 372 g/mol. The molecule has 2 aromatic rings. The minimum atomic E-state index is -0.477. The molecule has 138 valence electrons. The number of carbonyl (C=O) groups excluding carboxylic acids is 2. The second-order valence-corrected chi connectivity index (χ2v) is 7.90. The van der Waals surface area contributed by atoms with Gasteiger partial charge in [-0.05, 0) is 68.4 Å². The Morgan fingerprint density at radius 1 is 1.12 bits per heavy atom. The summed E-state index contributed by atoms with van der Waals surface area (Å²) in [6.45, 7) is 3.86. The van der Waals surface area contributed by atoms with Crippen molar-refractivity contribution in [2.75, 3.05) is 11.9 Å². The van der Waals surface area contributed by atoms with E-state index in [0.717, 1.165) is 48.8 Å². The SMILES string of the molecule is Cc1cc(C)cc(OCC(=O)Nc2sc3c(c2C(N)=O)CCCCC3)c1. The molecular formula is C20H24N2O3S. The number of carbonyl (C=O) groups is 2. The molecule has 0 spiro atoms. The van der Waals surface area contributed by atoms with Gasteiger partial charge in [-0.3, -0.25) is 9.59 Å². The molecule has 1 aromatic carbocycles. The summed E-state index contributed by atoms with van der Waals surface area (Å²) in [5.41, 5.74) is 9.25. The summed E-state index contributed by atoms with van der Waals surface area (Å²) in [5, 5.41) is 3.38. The summed E-state index contributed by atoms with van der Waals surface area (Å²) in [6.07, 6.45) is 5.10. The average molecular weight is 372 g/mol. The van der Waals surface area contributed by atoms with E-state index >= 15 is 0 Å². The van der Waals surface area contributed by atoms with Crippen molar-refractivity contribution in [3.63, 3.8) is 0 Å². The molecule has 2 amide bonds. The van der Waals surface area contributed by atoms with Crippen LogP contribution < -0.4 is 15.8 Å². The number of nitrogens with one attached hydrogen (secondary N) is 1. The number of fused-ring (bicyclic) bond motifs is 1. The Morgan fingerprint density at radius 2 is 1.81 bits per heavy atom. The van der Waals surface area contributed by atoms with Gasteiger partial charge in [-0.25, -0.2) is 0 Å². The quantitative estimate of drug-likeness (QED) is 0.784. The van der Waals surface area contributed by atoms with E-state index in [1.165, 1.54) is 16.2 Å². The fourth-order valence-corrected chi connectivity index (χ4v) is 4.73. The largest absolute Gasteiger partial charge is 0.484 e. The van der Waals surface area contributed by atoms with Crippen molar-refractivity contribution >= 4 is 28.2 Å². The number of ether oxygens (including phenoxy) is 1. The number of amides is 2. The van der Waals surface area contributed by atoms with Crippen LogP contribution in [0.2, 0.25) is 0 Å². The smallest absolute Gasteiger partial charge is 0.262 e. The van der Waals surface area contributed by atoms with Crippen molar-refractivity contribution in [3.8, 4) is 5.75 Å². The molecular weight excluding hydrogens is 348 g/mol. The second-order valence-electron chi connectivity index (χ2n) is 6.79. The van der Waals surface area contributed by atoms with Crippen LogP contribution in [-0.2, 0) is 17.6 Å².